The molecule has 0 radical (unpaired) electrons. The fraction of sp³-hybridized carbons (Fsp3) is 0.692. The molecule has 0 spiro atoms. The van der Waals surface area contributed by atoms with Crippen molar-refractivity contribution in [3.63, 3.8) is 0 Å². The smallest absolute Gasteiger partial charge is 0.320 e. The van der Waals surface area contributed by atoms with Crippen LogP contribution in [0.1, 0.15) is 26.7 Å². The highest BCUT2D eigenvalue weighted by Gasteiger charge is 2.39. The molecule has 102 valence electrons. The maximum atomic E-state index is 12.3. The van der Waals surface area contributed by atoms with Crippen LogP contribution < -0.4 is 0 Å². The van der Waals surface area contributed by atoms with E-state index in [2.05, 4.69) is 6.58 Å². The summed E-state index contributed by atoms with van der Waals surface area (Å²) in [4.78, 5) is 26.7. The average molecular weight is 254 g/mol. The van der Waals surface area contributed by atoms with Crippen molar-refractivity contribution in [1.29, 1.82) is 0 Å². The first-order valence-electron chi connectivity index (χ1n) is 6.42. The lowest BCUT2D eigenvalue weighted by atomic mass is 10.0. The Morgan fingerprint density at radius 3 is 2.67 bits per heavy atom. The number of rotatable bonds is 5. The Kier molecular flexibility index (Phi) is 5.19. The van der Waals surface area contributed by atoms with Crippen LogP contribution in [0.25, 0.3) is 0 Å². The minimum absolute atomic E-state index is 0.0759. The number of amides is 2. The summed E-state index contributed by atoms with van der Waals surface area (Å²) in [5.41, 5.74) is 0. The first-order valence-corrected chi connectivity index (χ1v) is 6.42. The number of hydrogen-bond donors (Lipinski definition) is 1. The first-order chi connectivity index (χ1) is 8.52. The lowest BCUT2D eigenvalue weighted by Crippen LogP contribution is -2.46. The van der Waals surface area contributed by atoms with Gasteiger partial charge in [-0.3, -0.25) is 4.79 Å². The van der Waals surface area contributed by atoms with Crippen LogP contribution in [0.4, 0.5) is 4.79 Å². The van der Waals surface area contributed by atoms with E-state index in [1.807, 2.05) is 13.8 Å². The molecule has 0 aliphatic carbocycles. The molecule has 1 rings (SSSR count). The largest absolute Gasteiger partial charge is 0.481 e. The summed E-state index contributed by atoms with van der Waals surface area (Å²) >= 11 is 0. The average Bonchev–Trinajstić information content (AvgIpc) is 2.70. The lowest BCUT2D eigenvalue weighted by Gasteiger charge is -2.30. The zero-order valence-electron chi connectivity index (χ0n) is 11.1. The van der Waals surface area contributed by atoms with E-state index >= 15 is 0 Å². The number of urea groups is 1. The van der Waals surface area contributed by atoms with Gasteiger partial charge in [0.1, 0.15) is 0 Å². The van der Waals surface area contributed by atoms with Crippen LogP contribution in [0.2, 0.25) is 0 Å². The number of carboxylic acids is 1. The summed E-state index contributed by atoms with van der Waals surface area (Å²) in [6, 6.07) is -0.313. The predicted octanol–water partition coefficient (Wildman–Crippen LogP) is 1.80. The van der Waals surface area contributed by atoms with Crippen LogP contribution in [-0.4, -0.2) is 52.6 Å². The van der Waals surface area contributed by atoms with Gasteiger partial charge in [0.2, 0.25) is 0 Å². The molecule has 18 heavy (non-hydrogen) atoms. The van der Waals surface area contributed by atoms with Gasteiger partial charge in [-0.2, -0.15) is 0 Å². The summed E-state index contributed by atoms with van der Waals surface area (Å²) in [7, 11) is 0. The van der Waals surface area contributed by atoms with Gasteiger partial charge in [0, 0.05) is 25.7 Å². The standard InChI is InChI=1S/C13H22N2O3/c1-4-7-14(8-5-2)13(18)15-9-6-11(10(15)3)12(16)17/h4,10-11H,1,5-9H2,2-3H3,(H,16,17). The Balaban J connectivity index is 2.71. The molecule has 0 aromatic rings. The summed E-state index contributed by atoms with van der Waals surface area (Å²) in [6.45, 7) is 9.17. The van der Waals surface area contributed by atoms with Crippen molar-refractivity contribution < 1.29 is 14.7 Å². The maximum absolute atomic E-state index is 12.3. The van der Waals surface area contributed by atoms with Gasteiger partial charge in [-0.05, 0) is 19.8 Å². The number of nitrogens with zero attached hydrogens (tertiary/aromatic N) is 2. The topological polar surface area (TPSA) is 60.9 Å². The molecule has 1 heterocycles. The van der Waals surface area contributed by atoms with E-state index < -0.39 is 11.9 Å². The molecule has 0 aromatic heterocycles. The Bertz CT molecular complexity index is 330. The SMILES string of the molecule is C=CCN(CCC)C(=O)N1CCC(C(=O)O)C1C. The lowest BCUT2D eigenvalue weighted by molar-refractivity contribution is -0.142. The normalized spacial score (nSPS) is 22.9. The fourth-order valence-corrected chi connectivity index (χ4v) is 2.41. The van der Waals surface area contributed by atoms with E-state index in [9.17, 15) is 9.59 Å². The monoisotopic (exact) mass is 254 g/mol. The number of hydrogen-bond acceptors (Lipinski definition) is 2. The summed E-state index contributed by atoms with van der Waals surface area (Å²) in [6.07, 6.45) is 3.11. The summed E-state index contributed by atoms with van der Waals surface area (Å²) < 4.78 is 0. The molecule has 1 N–H and O–H groups in total. The Hall–Kier alpha value is -1.52. The van der Waals surface area contributed by atoms with Gasteiger partial charge in [-0.1, -0.05) is 13.0 Å². The van der Waals surface area contributed by atoms with Crippen molar-refractivity contribution in [3.05, 3.63) is 12.7 Å². The third-order valence-corrected chi connectivity index (χ3v) is 3.43. The highest BCUT2D eigenvalue weighted by Crippen LogP contribution is 2.25. The summed E-state index contributed by atoms with van der Waals surface area (Å²) in [5.74, 6) is -1.26. The predicted molar refractivity (Wildman–Crippen MR) is 69.4 cm³/mol. The molecule has 1 aliphatic heterocycles. The second-order valence-electron chi connectivity index (χ2n) is 4.68. The third kappa shape index (κ3) is 3.03. The van der Waals surface area contributed by atoms with Crippen molar-refractivity contribution in [2.75, 3.05) is 19.6 Å². The van der Waals surface area contributed by atoms with Crippen LogP contribution in [0.15, 0.2) is 12.7 Å². The van der Waals surface area contributed by atoms with E-state index in [-0.39, 0.29) is 12.1 Å². The molecule has 2 unspecified atom stereocenters. The quantitative estimate of drug-likeness (QED) is 0.761. The van der Waals surface area contributed by atoms with Crippen LogP contribution in [-0.2, 0) is 4.79 Å². The molecule has 0 saturated carbocycles. The van der Waals surface area contributed by atoms with Crippen LogP contribution in [0, 0.1) is 5.92 Å². The molecule has 5 nitrogen and oxygen atoms in total. The highest BCUT2D eigenvalue weighted by atomic mass is 16.4. The summed E-state index contributed by atoms with van der Waals surface area (Å²) in [5, 5.41) is 9.06. The number of carbonyl (C=O) groups excluding carboxylic acids is 1. The number of carboxylic acid groups (broad SMARTS) is 1. The van der Waals surface area contributed by atoms with E-state index in [0.717, 1.165) is 6.42 Å². The van der Waals surface area contributed by atoms with Crippen molar-refractivity contribution in [2.45, 2.75) is 32.7 Å². The zero-order valence-corrected chi connectivity index (χ0v) is 11.1. The minimum atomic E-state index is -0.816. The van der Waals surface area contributed by atoms with Crippen molar-refractivity contribution in [3.8, 4) is 0 Å². The second kappa shape index (κ2) is 6.42. The van der Waals surface area contributed by atoms with E-state index in [1.165, 1.54) is 0 Å². The van der Waals surface area contributed by atoms with E-state index in [4.69, 9.17) is 5.11 Å². The minimum Gasteiger partial charge on any atom is -0.481 e. The molecule has 1 saturated heterocycles. The molecule has 0 bridgehead atoms. The highest BCUT2D eigenvalue weighted by molar-refractivity contribution is 5.78. The van der Waals surface area contributed by atoms with E-state index in [1.54, 1.807) is 15.9 Å². The van der Waals surface area contributed by atoms with Gasteiger partial charge in [0.15, 0.2) is 0 Å². The zero-order chi connectivity index (χ0) is 13.7. The van der Waals surface area contributed by atoms with Crippen LogP contribution in [0.3, 0.4) is 0 Å². The maximum Gasteiger partial charge on any atom is 0.320 e. The Morgan fingerprint density at radius 2 is 2.22 bits per heavy atom. The molecule has 0 aromatic carbocycles. The molecular weight excluding hydrogens is 232 g/mol. The van der Waals surface area contributed by atoms with E-state index in [0.29, 0.717) is 26.1 Å². The Labute approximate surface area is 108 Å². The molecular formula is C13H22N2O3. The molecule has 1 fully saturated rings. The number of aliphatic carboxylic acids is 1. The number of carbonyl (C=O) groups is 2. The van der Waals surface area contributed by atoms with Gasteiger partial charge in [-0.25, -0.2) is 4.79 Å². The molecule has 1 aliphatic rings. The van der Waals surface area contributed by atoms with Gasteiger partial charge >= 0.3 is 12.0 Å². The third-order valence-electron chi connectivity index (χ3n) is 3.43. The van der Waals surface area contributed by atoms with Gasteiger partial charge < -0.3 is 14.9 Å². The van der Waals surface area contributed by atoms with Gasteiger partial charge in [0.25, 0.3) is 0 Å². The second-order valence-corrected chi connectivity index (χ2v) is 4.68. The molecule has 2 amide bonds. The number of likely N-dealkylation sites (tertiary alicyclic amines) is 1. The fourth-order valence-electron chi connectivity index (χ4n) is 2.41. The Morgan fingerprint density at radius 1 is 1.56 bits per heavy atom. The first kappa shape index (κ1) is 14.5. The van der Waals surface area contributed by atoms with Gasteiger partial charge in [0.05, 0.1) is 5.92 Å². The van der Waals surface area contributed by atoms with Crippen LogP contribution >= 0.6 is 0 Å². The van der Waals surface area contributed by atoms with Crippen molar-refractivity contribution in [2.24, 2.45) is 5.92 Å². The van der Waals surface area contributed by atoms with Crippen molar-refractivity contribution in [1.82, 2.24) is 9.80 Å². The molecule has 5 heteroatoms. The molecule has 2 atom stereocenters. The van der Waals surface area contributed by atoms with Crippen LogP contribution in [0.5, 0.6) is 0 Å². The van der Waals surface area contributed by atoms with Crippen molar-refractivity contribution >= 4 is 12.0 Å². The van der Waals surface area contributed by atoms with Gasteiger partial charge in [-0.15, -0.1) is 6.58 Å².